The van der Waals surface area contributed by atoms with Gasteiger partial charge in [0.15, 0.2) is 9.84 Å². The van der Waals surface area contributed by atoms with Gasteiger partial charge in [-0.15, -0.1) is 0 Å². The molecule has 0 radical (unpaired) electrons. The van der Waals surface area contributed by atoms with Crippen molar-refractivity contribution in [2.45, 2.75) is 11.4 Å². The summed E-state index contributed by atoms with van der Waals surface area (Å²) in [4.78, 5) is 0.0932. The van der Waals surface area contributed by atoms with Crippen LogP contribution in [0, 0.1) is 5.82 Å². The van der Waals surface area contributed by atoms with Crippen LogP contribution >= 0.6 is 15.9 Å². The third-order valence-corrected chi connectivity index (χ3v) is 4.34. The summed E-state index contributed by atoms with van der Waals surface area (Å²) in [6, 6.07) is 11.3. The Morgan fingerprint density at radius 1 is 1.20 bits per heavy atom. The van der Waals surface area contributed by atoms with Crippen LogP contribution in [-0.2, 0) is 16.4 Å². The Balaban J connectivity index is 2.21. The standard InChI is InChI=1S/C14H13BrFNO2S/c1-20(18,19)12-5-6-13(16)14(8-12)17-9-10-3-2-4-11(15)7-10/h2-8,17H,9H2,1H3. The van der Waals surface area contributed by atoms with Crippen molar-refractivity contribution < 1.29 is 12.8 Å². The Morgan fingerprint density at radius 2 is 1.95 bits per heavy atom. The van der Waals surface area contributed by atoms with E-state index in [0.29, 0.717) is 6.54 Å². The molecule has 0 spiro atoms. The minimum Gasteiger partial charge on any atom is -0.379 e. The van der Waals surface area contributed by atoms with Gasteiger partial charge in [-0.05, 0) is 35.9 Å². The van der Waals surface area contributed by atoms with E-state index in [0.717, 1.165) is 22.4 Å². The normalized spacial score (nSPS) is 11.3. The number of hydrogen-bond acceptors (Lipinski definition) is 3. The molecule has 0 aliphatic carbocycles. The van der Waals surface area contributed by atoms with Crippen molar-refractivity contribution in [2.24, 2.45) is 0 Å². The Kier molecular flexibility index (Phi) is 4.45. The Morgan fingerprint density at radius 3 is 2.60 bits per heavy atom. The smallest absolute Gasteiger partial charge is 0.175 e. The van der Waals surface area contributed by atoms with Crippen LogP contribution in [0.5, 0.6) is 0 Å². The number of benzene rings is 2. The molecule has 0 aliphatic heterocycles. The fourth-order valence-electron chi connectivity index (χ4n) is 1.71. The molecular formula is C14H13BrFNO2S. The molecule has 0 fully saturated rings. The lowest BCUT2D eigenvalue weighted by molar-refractivity contribution is 0.600. The highest BCUT2D eigenvalue weighted by Crippen LogP contribution is 2.21. The van der Waals surface area contributed by atoms with Crippen LogP contribution in [0.3, 0.4) is 0 Å². The van der Waals surface area contributed by atoms with Crippen molar-refractivity contribution in [3.8, 4) is 0 Å². The predicted octanol–water partition coefficient (Wildman–Crippen LogP) is 3.60. The van der Waals surface area contributed by atoms with E-state index in [1.54, 1.807) is 0 Å². The van der Waals surface area contributed by atoms with Crippen LogP contribution in [0.25, 0.3) is 0 Å². The largest absolute Gasteiger partial charge is 0.379 e. The molecule has 106 valence electrons. The third-order valence-electron chi connectivity index (χ3n) is 2.74. The molecule has 0 saturated carbocycles. The Bertz CT molecular complexity index is 732. The molecule has 3 nitrogen and oxygen atoms in total. The first-order valence-corrected chi connectivity index (χ1v) is 8.52. The monoisotopic (exact) mass is 357 g/mol. The second kappa shape index (κ2) is 5.93. The number of nitrogens with one attached hydrogen (secondary N) is 1. The van der Waals surface area contributed by atoms with E-state index in [2.05, 4.69) is 21.2 Å². The van der Waals surface area contributed by atoms with Gasteiger partial charge in [0.1, 0.15) is 5.82 Å². The van der Waals surface area contributed by atoms with Crippen LogP contribution in [0.1, 0.15) is 5.56 Å². The molecule has 0 aliphatic rings. The molecule has 0 aromatic heterocycles. The summed E-state index contributed by atoms with van der Waals surface area (Å²) in [5, 5.41) is 2.91. The highest BCUT2D eigenvalue weighted by molar-refractivity contribution is 9.10. The first kappa shape index (κ1) is 15.0. The zero-order valence-electron chi connectivity index (χ0n) is 10.7. The van der Waals surface area contributed by atoms with Crippen molar-refractivity contribution in [2.75, 3.05) is 11.6 Å². The van der Waals surface area contributed by atoms with Gasteiger partial charge in [-0.25, -0.2) is 12.8 Å². The molecule has 2 aromatic rings. The molecule has 0 bridgehead atoms. The molecule has 20 heavy (non-hydrogen) atoms. The van der Waals surface area contributed by atoms with E-state index >= 15 is 0 Å². The third kappa shape index (κ3) is 3.80. The number of hydrogen-bond donors (Lipinski definition) is 1. The highest BCUT2D eigenvalue weighted by atomic mass is 79.9. The van der Waals surface area contributed by atoms with Gasteiger partial charge in [0.05, 0.1) is 10.6 Å². The number of halogens is 2. The molecule has 2 aromatic carbocycles. The molecule has 1 N–H and O–H groups in total. The lowest BCUT2D eigenvalue weighted by Crippen LogP contribution is -2.04. The maximum Gasteiger partial charge on any atom is 0.175 e. The number of anilines is 1. The van der Waals surface area contributed by atoms with Crippen molar-refractivity contribution in [3.05, 3.63) is 58.3 Å². The van der Waals surface area contributed by atoms with E-state index in [4.69, 9.17) is 0 Å². The zero-order chi connectivity index (χ0) is 14.8. The minimum atomic E-state index is -3.35. The van der Waals surface area contributed by atoms with E-state index < -0.39 is 15.7 Å². The lowest BCUT2D eigenvalue weighted by Gasteiger charge is -2.09. The quantitative estimate of drug-likeness (QED) is 0.850. The van der Waals surface area contributed by atoms with Gasteiger partial charge in [-0.2, -0.15) is 0 Å². The zero-order valence-corrected chi connectivity index (χ0v) is 13.1. The summed E-state index contributed by atoms with van der Waals surface area (Å²) in [7, 11) is -3.35. The summed E-state index contributed by atoms with van der Waals surface area (Å²) in [6.45, 7) is 0.406. The summed E-state index contributed by atoms with van der Waals surface area (Å²) in [5.41, 5.74) is 1.14. The van der Waals surface area contributed by atoms with Crippen molar-refractivity contribution in [1.29, 1.82) is 0 Å². The molecule has 0 saturated heterocycles. The minimum absolute atomic E-state index is 0.0932. The predicted molar refractivity (Wildman–Crippen MR) is 81.0 cm³/mol. The number of rotatable bonds is 4. The summed E-state index contributed by atoms with van der Waals surface area (Å²) < 4.78 is 37.5. The molecular weight excluding hydrogens is 345 g/mol. The van der Waals surface area contributed by atoms with Crippen LogP contribution in [0.2, 0.25) is 0 Å². The summed E-state index contributed by atoms with van der Waals surface area (Å²) >= 11 is 3.36. The van der Waals surface area contributed by atoms with Crippen LogP contribution < -0.4 is 5.32 Å². The summed E-state index contributed by atoms with van der Waals surface area (Å²) in [6.07, 6.45) is 1.10. The molecule has 0 amide bonds. The summed E-state index contributed by atoms with van der Waals surface area (Å²) in [5.74, 6) is -0.479. The van der Waals surface area contributed by atoms with Gasteiger partial charge in [-0.1, -0.05) is 28.1 Å². The van der Waals surface area contributed by atoms with Gasteiger partial charge < -0.3 is 5.32 Å². The molecule has 0 heterocycles. The average molecular weight is 358 g/mol. The first-order chi connectivity index (χ1) is 9.36. The first-order valence-electron chi connectivity index (χ1n) is 5.84. The van der Waals surface area contributed by atoms with Crippen LogP contribution in [0.4, 0.5) is 10.1 Å². The lowest BCUT2D eigenvalue weighted by atomic mass is 10.2. The molecule has 2 rings (SSSR count). The van der Waals surface area contributed by atoms with Gasteiger partial charge in [0.25, 0.3) is 0 Å². The maximum atomic E-state index is 13.7. The van der Waals surface area contributed by atoms with Gasteiger partial charge in [0, 0.05) is 17.3 Å². The van der Waals surface area contributed by atoms with Gasteiger partial charge >= 0.3 is 0 Å². The highest BCUT2D eigenvalue weighted by Gasteiger charge is 2.10. The molecule has 0 atom stereocenters. The van der Waals surface area contributed by atoms with Gasteiger partial charge in [0.2, 0.25) is 0 Å². The van der Waals surface area contributed by atoms with E-state index in [1.807, 2.05) is 24.3 Å². The molecule has 0 unspecified atom stereocenters. The fraction of sp³-hybridized carbons (Fsp3) is 0.143. The van der Waals surface area contributed by atoms with Crippen molar-refractivity contribution >= 4 is 31.5 Å². The van der Waals surface area contributed by atoms with Crippen molar-refractivity contribution in [1.82, 2.24) is 0 Å². The number of sulfone groups is 1. The van der Waals surface area contributed by atoms with Crippen molar-refractivity contribution in [3.63, 3.8) is 0 Å². The second-order valence-corrected chi connectivity index (χ2v) is 7.33. The Hall–Kier alpha value is -1.40. The average Bonchev–Trinajstić information content (AvgIpc) is 2.36. The Labute approximate surface area is 125 Å². The van der Waals surface area contributed by atoms with E-state index in [-0.39, 0.29) is 10.6 Å². The topological polar surface area (TPSA) is 46.2 Å². The van der Waals surface area contributed by atoms with Gasteiger partial charge in [-0.3, -0.25) is 0 Å². The molecule has 6 heteroatoms. The van der Waals surface area contributed by atoms with E-state index in [1.165, 1.54) is 12.1 Å². The van der Waals surface area contributed by atoms with Crippen LogP contribution in [-0.4, -0.2) is 14.7 Å². The van der Waals surface area contributed by atoms with Crippen LogP contribution in [0.15, 0.2) is 51.8 Å². The fourth-order valence-corrected chi connectivity index (χ4v) is 2.81. The second-order valence-electron chi connectivity index (χ2n) is 4.40. The maximum absolute atomic E-state index is 13.7. The van der Waals surface area contributed by atoms with E-state index in [9.17, 15) is 12.8 Å². The SMILES string of the molecule is CS(=O)(=O)c1ccc(F)c(NCc2cccc(Br)c2)c1.